The summed E-state index contributed by atoms with van der Waals surface area (Å²) in [5, 5.41) is 10.6. The van der Waals surface area contributed by atoms with Crippen molar-refractivity contribution in [3.05, 3.63) is 53.3 Å². The zero-order chi connectivity index (χ0) is 17.4. The number of fused-ring (bicyclic) bond motifs is 3. The molecule has 0 bridgehead atoms. The molecule has 0 unspecified atom stereocenters. The van der Waals surface area contributed by atoms with Gasteiger partial charge < -0.3 is 15.8 Å². The summed E-state index contributed by atoms with van der Waals surface area (Å²) in [6.07, 6.45) is 1.33. The fourth-order valence-corrected chi connectivity index (χ4v) is 3.22. The average Bonchev–Trinajstić information content (AvgIpc) is 3.04. The second-order valence-electron chi connectivity index (χ2n) is 5.97. The fraction of sp³-hybridized carbons (Fsp3) is 0.158. The molecule has 4 rings (SSSR count). The molecule has 0 amide bonds. The molecule has 2 heterocycles. The van der Waals surface area contributed by atoms with E-state index in [0.717, 1.165) is 38.9 Å². The van der Waals surface area contributed by atoms with Crippen molar-refractivity contribution in [1.82, 2.24) is 15.0 Å². The Morgan fingerprint density at radius 1 is 1.08 bits per heavy atom. The summed E-state index contributed by atoms with van der Waals surface area (Å²) in [6.45, 7) is 0.133. The number of aliphatic hydroxyl groups excluding tert-OH is 1. The van der Waals surface area contributed by atoms with E-state index in [1.54, 1.807) is 0 Å². The summed E-state index contributed by atoms with van der Waals surface area (Å²) >= 11 is 6.09. The van der Waals surface area contributed by atoms with Crippen molar-refractivity contribution in [2.45, 2.75) is 12.8 Å². The van der Waals surface area contributed by atoms with Crippen molar-refractivity contribution in [3.8, 4) is 11.1 Å². The molecule has 5 nitrogen and oxygen atoms in total. The first-order valence-electron chi connectivity index (χ1n) is 8.10. The van der Waals surface area contributed by atoms with Gasteiger partial charge in [-0.25, -0.2) is 9.97 Å². The third kappa shape index (κ3) is 2.92. The van der Waals surface area contributed by atoms with Gasteiger partial charge in [0.05, 0.1) is 5.52 Å². The Bertz CT molecular complexity index is 1070. The van der Waals surface area contributed by atoms with Crippen LogP contribution >= 0.6 is 11.6 Å². The number of anilines is 1. The SMILES string of the molecule is Nc1nc2cc(-c3cccc(Cl)c3)ccc2c2nc(CCCO)[nH]c12. The Morgan fingerprint density at radius 2 is 1.92 bits per heavy atom. The summed E-state index contributed by atoms with van der Waals surface area (Å²) in [7, 11) is 0. The molecule has 0 fully saturated rings. The minimum Gasteiger partial charge on any atom is -0.396 e. The predicted octanol–water partition coefficient (Wildman–Crippen LogP) is 3.94. The zero-order valence-corrected chi connectivity index (χ0v) is 14.2. The lowest BCUT2D eigenvalue weighted by atomic mass is 10.0. The number of imidazole rings is 1. The minimum absolute atomic E-state index is 0.133. The van der Waals surface area contributed by atoms with Crippen LogP contribution in [0.5, 0.6) is 0 Å². The molecular weight excluding hydrogens is 336 g/mol. The van der Waals surface area contributed by atoms with Crippen LogP contribution in [0.1, 0.15) is 12.2 Å². The molecule has 25 heavy (non-hydrogen) atoms. The maximum atomic E-state index is 9.00. The van der Waals surface area contributed by atoms with Crippen LogP contribution < -0.4 is 5.73 Å². The van der Waals surface area contributed by atoms with E-state index in [0.29, 0.717) is 23.7 Å². The number of H-pyrrole nitrogens is 1. The van der Waals surface area contributed by atoms with Crippen molar-refractivity contribution in [2.75, 3.05) is 12.3 Å². The third-order valence-electron chi connectivity index (χ3n) is 4.23. The molecule has 2 aromatic carbocycles. The van der Waals surface area contributed by atoms with E-state index in [4.69, 9.17) is 22.4 Å². The highest BCUT2D eigenvalue weighted by Gasteiger charge is 2.12. The van der Waals surface area contributed by atoms with Gasteiger partial charge in [0.2, 0.25) is 0 Å². The summed E-state index contributed by atoms with van der Waals surface area (Å²) in [4.78, 5) is 12.4. The molecule has 6 heteroatoms. The van der Waals surface area contributed by atoms with Crippen molar-refractivity contribution >= 4 is 39.4 Å². The minimum atomic E-state index is 0.133. The van der Waals surface area contributed by atoms with Crippen molar-refractivity contribution in [1.29, 1.82) is 0 Å². The molecule has 0 saturated heterocycles. The summed E-state index contributed by atoms with van der Waals surface area (Å²) < 4.78 is 0. The Balaban J connectivity index is 1.87. The number of aliphatic hydroxyl groups is 1. The number of aryl methyl sites for hydroxylation is 1. The molecule has 2 aromatic heterocycles. The number of nitrogens with two attached hydrogens (primary N) is 1. The van der Waals surface area contributed by atoms with E-state index < -0.39 is 0 Å². The third-order valence-corrected chi connectivity index (χ3v) is 4.47. The van der Waals surface area contributed by atoms with Gasteiger partial charge >= 0.3 is 0 Å². The monoisotopic (exact) mass is 352 g/mol. The number of rotatable bonds is 4. The van der Waals surface area contributed by atoms with E-state index >= 15 is 0 Å². The standard InChI is InChI=1S/C19H17ClN4O/c20-13-4-1-3-11(9-13)12-6-7-14-15(10-12)22-19(21)18-17(14)23-16(24-18)5-2-8-25/h1,3-4,6-7,9-10,25H,2,5,8H2,(H2,21,22)(H,23,24). The van der Waals surface area contributed by atoms with E-state index in [2.05, 4.69) is 15.0 Å². The lowest BCUT2D eigenvalue weighted by Crippen LogP contribution is -1.93. The van der Waals surface area contributed by atoms with Crippen LogP contribution in [0.25, 0.3) is 33.1 Å². The van der Waals surface area contributed by atoms with Crippen LogP contribution in [0.3, 0.4) is 0 Å². The second kappa shape index (κ2) is 6.35. The lowest BCUT2D eigenvalue weighted by Gasteiger charge is -2.06. The molecular formula is C19H17ClN4O. The maximum absolute atomic E-state index is 9.00. The largest absolute Gasteiger partial charge is 0.396 e. The van der Waals surface area contributed by atoms with E-state index in [9.17, 15) is 0 Å². The van der Waals surface area contributed by atoms with E-state index in [1.807, 2.05) is 42.5 Å². The Hall–Kier alpha value is -2.63. The zero-order valence-electron chi connectivity index (χ0n) is 13.5. The number of halogens is 1. The quantitative estimate of drug-likeness (QED) is 0.519. The molecule has 0 saturated carbocycles. The number of aromatic nitrogens is 3. The topological polar surface area (TPSA) is 87.8 Å². The number of nitrogen functional groups attached to an aromatic ring is 1. The van der Waals surface area contributed by atoms with Crippen molar-refractivity contribution in [2.24, 2.45) is 0 Å². The number of benzene rings is 2. The normalized spacial score (nSPS) is 11.4. The smallest absolute Gasteiger partial charge is 0.150 e. The van der Waals surface area contributed by atoms with Gasteiger partial charge in [-0.05, 0) is 41.8 Å². The van der Waals surface area contributed by atoms with Crippen LogP contribution in [-0.4, -0.2) is 26.7 Å². The highest BCUT2D eigenvalue weighted by molar-refractivity contribution is 6.30. The van der Waals surface area contributed by atoms with Crippen LogP contribution in [0.2, 0.25) is 5.02 Å². The number of hydrogen-bond acceptors (Lipinski definition) is 4. The molecule has 0 spiro atoms. The first-order chi connectivity index (χ1) is 12.2. The Labute approximate surface area is 149 Å². The van der Waals surface area contributed by atoms with Crippen LogP contribution in [0, 0.1) is 0 Å². The maximum Gasteiger partial charge on any atom is 0.150 e. The van der Waals surface area contributed by atoms with Gasteiger partial charge in [0.15, 0.2) is 0 Å². The number of hydrogen-bond donors (Lipinski definition) is 3. The van der Waals surface area contributed by atoms with Gasteiger partial charge in [0, 0.05) is 23.4 Å². The molecule has 126 valence electrons. The molecule has 0 radical (unpaired) electrons. The number of pyridine rings is 1. The molecule has 4 aromatic rings. The van der Waals surface area contributed by atoms with Gasteiger partial charge in [-0.1, -0.05) is 29.8 Å². The Kier molecular flexibility index (Phi) is 4.03. The van der Waals surface area contributed by atoms with Crippen molar-refractivity contribution in [3.63, 3.8) is 0 Å². The molecule has 0 aliphatic carbocycles. The predicted molar refractivity (Wildman–Crippen MR) is 102 cm³/mol. The van der Waals surface area contributed by atoms with Crippen LogP contribution in [-0.2, 0) is 6.42 Å². The van der Waals surface area contributed by atoms with Gasteiger partial charge in [-0.2, -0.15) is 0 Å². The van der Waals surface area contributed by atoms with Crippen LogP contribution in [0.15, 0.2) is 42.5 Å². The second-order valence-corrected chi connectivity index (χ2v) is 6.41. The van der Waals surface area contributed by atoms with E-state index in [-0.39, 0.29) is 6.61 Å². The van der Waals surface area contributed by atoms with Gasteiger partial charge in [0.25, 0.3) is 0 Å². The summed E-state index contributed by atoms with van der Waals surface area (Å²) in [5.74, 6) is 1.23. The number of nitrogens with one attached hydrogen (secondary N) is 1. The van der Waals surface area contributed by atoms with Gasteiger partial charge in [-0.3, -0.25) is 0 Å². The molecule has 0 aliphatic rings. The molecule has 0 aliphatic heterocycles. The van der Waals surface area contributed by atoms with E-state index in [1.165, 1.54) is 0 Å². The van der Waals surface area contributed by atoms with Gasteiger partial charge in [0.1, 0.15) is 22.7 Å². The first-order valence-corrected chi connectivity index (χ1v) is 8.48. The molecule has 4 N–H and O–H groups in total. The average molecular weight is 353 g/mol. The summed E-state index contributed by atoms with van der Waals surface area (Å²) in [6, 6.07) is 13.8. The fourth-order valence-electron chi connectivity index (χ4n) is 3.03. The van der Waals surface area contributed by atoms with Crippen LogP contribution in [0.4, 0.5) is 5.82 Å². The lowest BCUT2D eigenvalue weighted by molar-refractivity contribution is 0.287. The first kappa shape index (κ1) is 15.9. The Morgan fingerprint density at radius 3 is 2.72 bits per heavy atom. The van der Waals surface area contributed by atoms with Crippen molar-refractivity contribution < 1.29 is 5.11 Å². The van der Waals surface area contributed by atoms with Gasteiger partial charge in [-0.15, -0.1) is 0 Å². The highest BCUT2D eigenvalue weighted by atomic mass is 35.5. The number of nitrogens with zero attached hydrogens (tertiary/aromatic N) is 2. The number of aromatic amines is 1. The highest BCUT2D eigenvalue weighted by Crippen LogP contribution is 2.30. The summed E-state index contributed by atoms with van der Waals surface area (Å²) in [5.41, 5.74) is 10.5. The molecule has 0 atom stereocenters.